The fourth-order valence-corrected chi connectivity index (χ4v) is 3.19. The highest BCUT2D eigenvalue weighted by molar-refractivity contribution is 5.95. The first-order chi connectivity index (χ1) is 9.71. The van der Waals surface area contributed by atoms with Gasteiger partial charge in [-0.25, -0.2) is 0 Å². The number of amides is 1. The van der Waals surface area contributed by atoms with Gasteiger partial charge in [0.1, 0.15) is 0 Å². The van der Waals surface area contributed by atoms with Gasteiger partial charge in [-0.15, -0.1) is 0 Å². The Bertz CT molecular complexity index is 525. The summed E-state index contributed by atoms with van der Waals surface area (Å²) in [4.78, 5) is 12.4. The van der Waals surface area contributed by atoms with E-state index in [-0.39, 0.29) is 17.4 Å². The van der Waals surface area contributed by atoms with Crippen LogP contribution in [0.3, 0.4) is 0 Å². The summed E-state index contributed by atoms with van der Waals surface area (Å²) in [5.41, 5.74) is 2.92. The molecule has 1 aromatic heterocycles. The van der Waals surface area contributed by atoms with Gasteiger partial charge in [-0.05, 0) is 51.5 Å². The topological polar surface area (TPSA) is 54.3 Å². The Labute approximate surface area is 127 Å². The summed E-state index contributed by atoms with van der Waals surface area (Å²) in [6, 6.07) is 2.59. The molecule has 0 saturated heterocycles. The molecule has 4 nitrogen and oxygen atoms in total. The summed E-state index contributed by atoms with van der Waals surface area (Å²) < 4.78 is 2.29. The van der Waals surface area contributed by atoms with Crippen molar-refractivity contribution in [3.8, 4) is 0 Å². The van der Waals surface area contributed by atoms with Crippen LogP contribution in [-0.2, 0) is 0 Å². The maximum Gasteiger partial charge on any atom is 0.253 e. The molecule has 1 aliphatic carbocycles. The number of rotatable bonds is 6. The third-order valence-electron chi connectivity index (χ3n) is 4.22. The Morgan fingerprint density at radius 3 is 2.62 bits per heavy atom. The molecule has 1 unspecified atom stereocenters. The van der Waals surface area contributed by atoms with Gasteiger partial charge >= 0.3 is 0 Å². The SMILES string of the molecule is Cc1cc(C(=O)NCC(C)(C)CC(C)O)c(C)n1C1CC1. The largest absolute Gasteiger partial charge is 0.393 e. The summed E-state index contributed by atoms with van der Waals surface area (Å²) in [5.74, 6) is -0.00586. The van der Waals surface area contributed by atoms with Gasteiger partial charge in [-0.1, -0.05) is 13.8 Å². The molecule has 1 heterocycles. The number of nitrogens with one attached hydrogen (secondary N) is 1. The maximum atomic E-state index is 12.4. The van der Waals surface area contributed by atoms with Crippen LogP contribution in [-0.4, -0.2) is 28.2 Å². The van der Waals surface area contributed by atoms with Crippen molar-refractivity contribution in [2.75, 3.05) is 6.54 Å². The first-order valence-electron chi connectivity index (χ1n) is 7.86. The molecule has 1 aliphatic rings. The van der Waals surface area contributed by atoms with Crippen LogP contribution in [0.15, 0.2) is 6.07 Å². The number of aryl methyl sites for hydroxylation is 1. The Hall–Kier alpha value is -1.29. The molecule has 21 heavy (non-hydrogen) atoms. The smallest absolute Gasteiger partial charge is 0.253 e. The second kappa shape index (κ2) is 5.84. The predicted molar refractivity (Wildman–Crippen MR) is 84.6 cm³/mol. The Morgan fingerprint density at radius 2 is 2.10 bits per heavy atom. The zero-order valence-electron chi connectivity index (χ0n) is 13.9. The molecule has 0 aromatic carbocycles. The van der Waals surface area contributed by atoms with E-state index in [4.69, 9.17) is 0 Å². The molecule has 4 heteroatoms. The minimum absolute atomic E-state index is 0.00586. The molecule has 118 valence electrons. The van der Waals surface area contributed by atoms with Crippen molar-refractivity contribution in [1.82, 2.24) is 9.88 Å². The van der Waals surface area contributed by atoms with E-state index in [0.29, 0.717) is 19.0 Å². The highest BCUT2D eigenvalue weighted by Gasteiger charge is 2.29. The first-order valence-corrected chi connectivity index (χ1v) is 7.86. The van der Waals surface area contributed by atoms with Crippen molar-refractivity contribution in [2.24, 2.45) is 5.41 Å². The molecule has 1 amide bonds. The van der Waals surface area contributed by atoms with Gasteiger partial charge in [0.05, 0.1) is 11.7 Å². The number of aliphatic hydroxyl groups is 1. The van der Waals surface area contributed by atoms with E-state index >= 15 is 0 Å². The Morgan fingerprint density at radius 1 is 1.48 bits per heavy atom. The highest BCUT2D eigenvalue weighted by Crippen LogP contribution is 2.38. The zero-order valence-corrected chi connectivity index (χ0v) is 13.9. The van der Waals surface area contributed by atoms with Gasteiger partial charge in [0.2, 0.25) is 0 Å². The van der Waals surface area contributed by atoms with Crippen LogP contribution in [0, 0.1) is 19.3 Å². The van der Waals surface area contributed by atoms with Crippen LogP contribution >= 0.6 is 0 Å². The molecular weight excluding hydrogens is 264 g/mol. The molecule has 2 N–H and O–H groups in total. The molecular formula is C17H28N2O2. The molecule has 2 rings (SSSR count). The normalized spacial score (nSPS) is 16.9. The number of nitrogens with zero attached hydrogens (tertiary/aromatic N) is 1. The van der Waals surface area contributed by atoms with Crippen LogP contribution in [0.1, 0.15) is 67.8 Å². The summed E-state index contributed by atoms with van der Waals surface area (Å²) in [6.07, 6.45) is 2.77. The number of carbonyl (C=O) groups excluding carboxylic acids is 1. The quantitative estimate of drug-likeness (QED) is 0.847. The van der Waals surface area contributed by atoms with Gasteiger partial charge in [-0.3, -0.25) is 4.79 Å². The van der Waals surface area contributed by atoms with Gasteiger partial charge in [0, 0.05) is 24.0 Å². The van der Waals surface area contributed by atoms with Gasteiger partial charge in [-0.2, -0.15) is 0 Å². The number of carbonyl (C=O) groups is 1. The van der Waals surface area contributed by atoms with E-state index < -0.39 is 0 Å². The third-order valence-corrected chi connectivity index (χ3v) is 4.22. The van der Waals surface area contributed by atoms with E-state index in [0.717, 1.165) is 11.3 Å². The van der Waals surface area contributed by atoms with E-state index in [9.17, 15) is 9.90 Å². The fourth-order valence-electron chi connectivity index (χ4n) is 3.19. The number of aromatic nitrogens is 1. The molecule has 1 fully saturated rings. The summed E-state index contributed by atoms with van der Waals surface area (Å²) in [6.45, 7) is 10.6. The van der Waals surface area contributed by atoms with E-state index in [2.05, 4.69) is 30.7 Å². The number of hydrogen-bond acceptors (Lipinski definition) is 2. The highest BCUT2D eigenvalue weighted by atomic mass is 16.3. The fraction of sp³-hybridized carbons (Fsp3) is 0.706. The molecule has 0 spiro atoms. The van der Waals surface area contributed by atoms with Crippen molar-refractivity contribution in [1.29, 1.82) is 0 Å². The number of hydrogen-bond donors (Lipinski definition) is 2. The van der Waals surface area contributed by atoms with Crippen molar-refractivity contribution < 1.29 is 9.90 Å². The lowest BCUT2D eigenvalue weighted by molar-refractivity contribution is 0.0901. The minimum Gasteiger partial charge on any atom is -0.393 e. The first kappa shape index (κ1) is 16.1. The zero-order chi connectivity index (χ0) is 15.8. The van der Waals surface area contributed by atoms with Crippen LogP contribution in [0.5, 0.6) is 0 Å². The second-order valence-electron chi connectivity index (χ2n) is 7.29. The number of aliphatic hydroxyl groups excluding tert-OH is 1. The lowest BCUT2D eigenvalue weighted by Crippen LogP contribution is -2.35. The third kappa shape index (κ3) is 3.88. The Balaban J connectivity index is 2.02. The average molecular weight is 292 g/mol. The van der Waals surface area contributed by atoms with Crippen LogP contribution in [0.4, 0.5) is 0 Å². The van der Waals surface area contributed by atoms with Crippen molar-refractivity contribution in [3.63, 3.8) is 0 Å². The van der Waals surface area contributed by atoms with Crippen molar-refractivity contribution in [2.45, 2.75) is 66.0 Å². The summed E-state index contributed by atoms with van der Waals surface area (Å²) >= 11 is 0. The van der Waals surface area contributed by atoms with E-state index in [1.165, 1.54) is 18.5 Å². The molecule has 0 aliphatic heterocycles. The molecule has 0 radical (unpaired) electrons. The predicted octanol–water partition coefficient (Wildman–Crippen LogP) is 2.97. The van der Waals surface area contributed by atoms with Crippen molar-refractivity contribution in [3.05, 3.63) is 23.0 Å². The van der Waals surface area contributed by atoms with Crippen LogP contribution in [0.25, 0.3) is 0 Å². The minimum atomic E-state index is -0.350. The molecule has 1 saturated carbocycles. The molecule has 1 aromatic rings. The van der Waals surface area contributed by atoms with E-state index in [1.54, 1.807) is 6.92 Å². The maximum absolute atomic E-state index is 12.4. The van der Waals surface area contributed by atoms with Gasteiger partial charge < -0.3 is 15.0 Å². The second-order valence-corrected chi connectivity index (χ2v) is 7.29. The van der Waals surface area contributed by atoms with Crippen molar-refractivity contribution >= 4 is 5.91 Å². The van der Waals surface area contributed by atoms with Gasteiger partial charge in [0.25, 0.3) is 5.91 Å². The lowest BCUT2D eigenvalue weighted by Gasteiger charge is -2.26. The van der Waals surface area contributed by atoms with Crippen LogP contribution < -0.4 is 5.32 Å². The Kier molecular flexibility index (Phi) is 4.47. The summed E-state index contributed by atoms with van der Waals surface area (Å²) in [7, 11) is 0. The monoisotopic (exact) mass is 292 g/mol. The van der Waals surface area contributed by atoms with Gasteiger partial charge in [0.15, 0.2) is 0 Å². The molecule has 1 atom stereocenters. The van der Waals surface area contributed by atoms with E-state index in [1.807, 2.05) is 13.0 Å². The summed E-state index contributed by atoms with van der Waals surface area (Å²) in [5, 5.41) is 12.5. The molecule has 0 bridgehead atoms. The average Bonchev–Trinajstić information content (AvgIpc) is 3.12. The van der Waals surface area contributed by atoms with Crippen LogP contribution in [0.2, 0.25) is 0 Å². The lowest BCUT2D eigenvalue weighted by atomic mass is 9.87. The standard InChI is InChI=1S/C17H28N2O2/c1-11-8-15(13(3)19(11)14-6-7-14)16(21)18-10-17(4,5)9-12(2)20/h8,12,14,20H,6-7,9-10H2,1-5H3,(H,18,21).